The average Bonchev–Trinajstić information content (AvgIpc) is 2.43. The minimum absolute atomic E-state index is 0.0283. The van der Waals surface area contributed by atoms with Gasteiger partial charge in [0.05, 0.1) is 0 Å². The van der Waals surface area contributed by atoms with Crippen molar-refractivity contribution in [1.29, 1.82) is 0 Å². The summed E-state index contributed by atoms with van der Waals surface area (Å²) >= 11 is 0. The predicted octanol–water partition coefficient (Wildman–Crippen LogP) is 0.838. The number of ether oxygens (including phenoxy) is 3. The molecule has 0 saturated carbocycles. The Morgan fingerprint density at radius 2 is 1.46 bits per heavy atom. The number of nitrogens with one attached hydrogen (secondary N) is 3. The highest BCUT2D eigenvalue weighted by molar-refractivity contribution is 5.86. The number of hydrogen-bond acceptors (Lipinski definition) is 6. The molecular formula is C15H29N3O6. The fourth-order valence-electron chi connectivity index (χ4n) is 1.62. The van der Waals surface area contributed by atoms with E-state index in [4.69, 9.17) is 14.2 Å². The fourth-order valence-corrected chi connectivity index (χ4v) is 1.62. The largest absolute Gasteiger partial charge is 0.444 e. The van der Waals surface area contributed by atoms with Gasteiger partial charge >= 0.3 is 6.09 Å². The zero-order valence-electron chi connectivity index (χ0n) is 15.3. The second-order valence-corrected chi connectivity index (χ2v) is 5.99. The van der Waals surface area contributed by atoms with Crippen molar-refractivity contribution in [3.63, 3.8) is 0 Å². The van der Waals surface area contributed by atoms with Crippen LogP contribution in [0.5, 0.6) is 0 Å². The van der Waals surface area contributed by atoms with Crippen molar-refractivity contribution in [3.05, 3.63) is 0 Å². The zero-order chi connectivity index (χ0) is 18.8. The molecule has 0 unspecified atom stereocenters. The number of rotatable bonds is 8. The molecule has 3 amide bonds. The maximum Gasteiger partial charge on any atom is 0.407 e. The van der Waals surface area contributed by atoms with Gasteiger partial charge in [0.1, 0.15) is 5.60 Å². The molecule has 9 heteroatoms. The summed E-state index contributed by atoms with van der Waals surface area (Å²) in [6.45, 7) is 10.8. The van der Waals surface area contributed by atoms with Crippen LogP contribution in [-0.2, 0) is 23.8 Å². The molecule has 0 rings (SSSR count). The van der Waals surface area contributed by atoms with E-state index < -0.39 is 29.3 Å². The molecule has 0 atom stereocenters. The van der Waals surface area contributed by atoms with Crippen molar-refractivity contribution in [3.8, 4) is 0 Å². The molecule has 0 aliphatic rings. The molecule has 0 aromatic carbocycles. The average molecular weight is 347 g/mol. The maximum atomic E-state index is 12.0. The van der Waals surface area contributed by atoms with Gasteiger partial charge in [0, 0.05) is 26.2 Å². The molecule has 0 aromatic rings. The number of amides is 3. The number of hydrazine groups is 1. The molecule has 0 bridgehead atoms. The number of hydrogen-bond donors (Lipinski definition) is 3. The first-order chi connectivity index (χ1) is 11.0. The van der Waals surface area contributed by atoms with Crippen molar-refractivity contribution in [2.75, 3.05) is 19.8 Å². The smallest absolute Gasteiger partial charge is 0.407 e. The zero-order valence-corrected chi connectivity index (χ0v) is 15.3. The summed E-state index contributed by atoms with van der Waals surface area (Å²) in [7, 11) is 0. The Morgan fingerprint density at radius 3 is 1.92 bits per heavy atom. The molecule has 3 N–H and O–H groups in total. The van der Waals surface area contributed by atoms with Crippen LogP contribution in [0.2, 0.25) is 0 Å². The standard InChI is InChI=1S/C15H29N3O6/c1-7-22-15(6,23-8-2)12(20)18-17-11(19)9-10-16-13(21)24-14(3,4)5/h7-10H2,1-6H3,(H,16,21)(H,17,19)(H,18,20). The molecule has 0 spiro atoms. The van der Waals surface area contributed by atoms with Crippen LogP contribution in [0.15, 0.2) is 0 Å². The van der Waals surface area contributed by atoms with Crippen LogP contribution < -0.4 is 16.2 Å². The normalized spacial score (nSPS) is 11.6. The van der Waals surface area contributed by atoms with Gasteiger partial charge in [0.2, 0.25) is 11.7 Å². The monoisotopic (exact) mass is 347 g/mol. The van der Waals surface area contributed by atoms with Gasteiger partial charge in [-0.25, -0.2) is 4.79 Å². The van der Waals surface area contributed by atoms with Crippen molar-refractivity contribution in [2.24, 2.45) is 0 Å². The van der Waals surface area contributed by atoms with E-state index in [1.165, 1.54) is 6.92 Å². The van der Waals surface area contributed by atoms with Crippen LogP contribution in [0.25, 0.3) is 0 Å². The van der Waals surface area contributed by atoms with Gasteiger partial charge < -0.3 is 19.5 Å². The molecule has 0 heterocycles. The molecule has 0 fully saturated rings. The third-order valence-corrected chi connectivity index (χ3v) is 2.59. The Hall–Kier alpha value is -1.87. The lowest BCUT2D eigenvalue weighted by Crippen LogP contribution is -2.54. The summed E-state index contributed by atoms with van der Waals surface area (Å²) < 4.78 is 15.6. The van der Waals surface area contributed by atoms with Crippen molar-refractivity contribution in [1.82, 2.24) is 16.2 Å². The minimum Gasteiger partial charge on any atom is -0.444 e. The highest BCUT2D eigenvalue weighted by atomic mass is 16.7. The highest BCUT2D eigenvalue weighted by Crippen LogP contribution is 2.12. The third kappa shape index (κ3) is 9.31. The number of carbonyl (C=O) groups is 3. The van der Waals surface area contributed by atoms with E-state index >= 15 is 0 Å². The Morgan fingerprint density at radius 1 is 0.917 bits per heavy atom. The van der Waals surface area contributed by atoms with Gasteiger partial charge in [-0.05, 0) is 41.5 Å². The molecule has 0 aromatic heterocycles. The summed E-state index contributed by atoms with van der Waals surface area (Å²) in [6, 6.07) is 0. The lowest BCUT2D eigenvalue weighted by Gasteiger charge is -2.27. The molecule has 9 nitrogen and oxygen atoms in total. The summed E-state index contributed by atoms with van der Waals surface area (Å²) in [5, 5.41) is 2.44. The predicted molar refractivity (Wildman–Crippen MR) is 86.8 cm³/mol. The van der Waals surface area contributed by atoms with Gasteiger partial charge in [-0.2, -0.15) is 0 Å². The summed E-state index contributed by atoms with van der Waals surface area (Å²) in [4.78, 5) is 35.1. The van der Waals surface area contributed by atoms with E-state index in [2.05, 4.69) is 16.2 Å². The molecular weight excluding hydrogens is 318 g/mol. The van der Waals surface area contributed by atoms with Gasteiger partial charge in [0.15, 0.2) is 0 Å². The van der Waals surface area contributed by atoms with Crippen LogP contribution in [0.4, 0.5) is 4.79 Å². The van der Waals surface area contributed by atoms with Crippen molar-refractivity contribution >= 4 is 17.9 Å². The first kappa shape index (κ1) is 22.1. The van der Waals surface area contributed by atoms with Crippen LogP contribution in [0.3, 0.4) is 0 Å². The number of carbonyl (C=O) groups excluding carboxylic acids is 3. The summed E-state index contributed by atoms with van der Waals surface area (Å²) in [6.07, 6.45) is -0.640. The SMILES string of the molecule is CCOC(C)(OCC)C(=O)NNC(=O)CCNC(=O)OC(C)(C)C. The van der Waals surface area contributed by atoms with Gasteiger partial charge in [0.25, 0.3) is 5.91 Å². The lowest BCUT2D eigenvalue weighted by atomic mass is 10.2. The van der Waals surface area contributed by atoms with E-state index in [0.29, 0.717) is 0 Å². The van der Waals surface area contributed by atoms with Crippen LogP contribution >= 0.6 is 0 Å². The molecule has 0 aliphatic heterocycles. The Kier molecular flexibility index (Phi) is 9.30. The van der Waals surface area contributed by atoms with Gasteiger partial charge in [-0.15, -0.1) is 0 Å². The van der Waals surface area contributed by atoms with Crippen LogP contribution in [0, 0.1) is 0 Å². The quantitative estimate of drug-likeness (QED) is 0.443. The van der Waals surface area contributed by atoms with Gasteiger partial charge in [-0.3, -0.25) is 20.4 Å². The topological polar surface area (TPSA) is 115 Å². The van der Waals surface area contributed by atoms with E-state index in [9.17, 15) is 14.4 Å². The van der Waals surface area contributed by atoms with E-state index in [0.717, 1.165) is 0 Å². The second-order valence-electron chi connectivity index (χ2n) is 5.99. The summed E-state index contributed by atoms with van der Waals surface area (Å²) in [5.41, 5.74) is 3.87. The van der Waals surface area contributed by atoms with Crippen molar-refractivity contribution in [2.45, 2.75) is 59.4 Å². The van der Waals surface area contributed by atoms with E-state index in [-0.39, 0.29) is 26.2 Å². The van der Waals surface area contributed by atoms with Crippen LogP contribution in [-0.4, -0.2) is 49.1 Å². The second kappa shape index (κ2) is 10.1. The van der Waals surface area contributed by atoms with E-state index in [1.807, 2.05) is 0 Å². The van der Waals surface area contributed by atoms with Crippen LogP contribution in [0.1, 0.15) is 48.0 Å². The van der Waals surface area contributed by atoms with E-state index in [1.54, 1.807) is 34.6 Å². The summed E-state index contributed by atoms with van der Waals surface area (Å²) in [5.74, 6) is -2.58. The fraction of sp³-hybridized carbons (Fsp3) is 0.800. The van der Waals surface area contributed by atoms with Gasteiger partial charge in [-0.1, -0.05) is 0 Å². The Bertz CT molecular complexity index is 427. The van der Waals surface area contributed by atoms with Crippen molar-refractivity contribution < 1.29 is 28.6 Å². The third-order valence-electron chi connectivity index (χ3n) is 2.59. The first-order valence-corrected chi connectivity index (χ1v) is 7.88. The highest BCUT2D eigenvalue weighted by Gasteiger charge is 2.35. The Labute approximate surface area is 142 Å². The molecule has 140 valence electrons. The molecule has 24 heavy (non-hydrogen) atoms. The lowest BCUT2D eigenvalue weighted by molar-refractivity contribution is -0.219. The minimum atomic E-state index is -1.48. The number of alkyl carbamates (subject to hydrolysis) is 1. The molecule has 0 radical (unpaired) electrons. The first-order valence-electron chi connectivity index (χ1n) is 7.88. The molecule has 0 aliphatic carbocycles. The maximum absolute atomic E-state index is 12.0. The Balaban J connectivity index is 4.16. The molecule has 0 saturated heterocycles.